The lowest BCUT2D eigenvalue weighted by molar-refractivity contribution is -0.0855. The highest BCUT2D eigenvalue weighted by Crippen LogP contribution is 2.25. The van der Waals surface area contributed by atoms with Crippen molar-refractivity contribution in [3.8, 4) is 0 Å². The summed E-state index contributed by atoms with van der Waals surface area (Å²) in [4.78, 5) is 12.6. The van der Waals surface area contributed by atoms with E-state index in [-0.39, 0.29) is 12.0 Å². The van der Waals surface area contributed by atoms with Crippen LogP contribution in [-0.2, 0) is 9.47 Å². The molecule has 1 fully saturated rings. The Kier molecular flexibility index (Phi) is 5.68. The highest BCUT2D eigenvalue weighted by molar-refractivity contribution is 6.00. The lowest BCUT2D eigenvalue weighted by atomic mass is 10.1. The molecule has 25 heavy (non-hydrogen) atoms. The highest BCUT2D eigenvalue weighted by Gasteiger charge is 2.17. The third kappa shape index (κ3) is 4.38. The number of nitrogens with one attached hydrogen (secondary N) is 2. The van der Waals surface area contributed by atoms with Gasteiger partial charge in [-0.05, 0) is 43.2 Å². The fourth-order valence-electron chi connectivity index (χ4n) is 2.78. The van der Waals surface area contributed by atoms with Crippen molar-refractivity contribution in [2.24, 2.45) is 0 Å². The molecule has 0 aliphatic carbocycles. The van der Waals surface area contributed by atoms with E-state index in [0.717, 1.165) is 11.4 Å². The van der Waals surface area contributed by atoms with Crippen LogP contribution in [0.15, 0.2) is 42.5 Å². The van der Waals surface area contributed by atoms with Gasteiger partial charge in [-0.25, -0.2) is 0 Å². The highest BCUT2D eigenvalue weighted by atomic mass is 16.6. The molecular formula is C20H24N2O3. The van der Waals surface area contributed by atoms with Gasteiger partial charge in [-0.1, -0.05) is 24.3 Å². The molecule has 1 heterocycles. The number of hydrogen-bond acceptors (Lipinski definition) is 4. The Labute approximate surface area is 148 Å². The molecule has 2 aromatic carbocycles. The minimum Gasteiger partial charge on any atom is -0.376 e. The molecule has 2 N–H and O–H groups in total. The van der Waals surface area contributed by atoms with Crippen LogP contribution in [0.2, 0.25) is 0 Å². The third-order valence-electron chi connectivity index (χ3n) is 4.42. The first kappa shape index (κ1) is 17.5. The van der Waals surface area contributed by atoms with Gasteiger partial charge in [0.05, 0.1) is 37.2 Å². The summed E-state index contributed by atoms with van der Waals surface area (Å²) in [6, 6.07) is 13.6. The molecule has 1 saturated heterocycles. The summed E-state index contributed by atoms with van der Waals surface area (Å²) in [7, 11) is 0. The van der Waals surface area contributed by atoms with Crippen LogP contribution in [0.25, 0.3) is 0 Å². The number of carbonyl (C=O) groups excluding carboxylic acids is 1. The van der Waals surface area contributed by atoms with Gasteiger partial charge < -0.3 is 20.1 Å². The van der Waals surface area contributed by atoms with Gasteiger partial charge in [0.15, 0.2) is 0 Å². The molecule has 1 aliphatic rings. The molecule has 5 nitrogen and oxygen atoms in total. The van der Waals surface area contributed by atoms with Crippen LogP contribution in [0.4, 0.5) is 11.4 Å². The topological polar surface area (TPSA) is 59.6 Å². The minimum absolute atomic E-state index is 0.0863. The summed E-state index contributed by atoms with van der Waals surface area (Å²) in [6.07, 6.45) is -0.0863. The molecule has 0 bridgehead atoms. The van der Waals surface area contributed by atoms with Gasteiger partial charge in [0.1, 0.15) is 0 Å². The number of anilines is 2. The molecule has 2 aromatic rings. The second-order valence-electron chi connectivity index (χ2n) is 6.20. The van der Waals surface area contributed by atoms with E-state index in [1.807, 2.05) is 36.4 Å². The summed E-state index contributed by atoms with van der Waals surface area (Å²) in [5.74, 6) is -0.123. The second-order valence-corrected chi connectivity index (χ2v) is 6.20. The summed E-state index contributed by atoms with van der Waals surface area (Å²) in [6.45, 7) is 6.30. The van der Waals surface area contributed by atoms with Crippen molar-refractivity contribution in [3.63, 3.8) is 0 Å². The largest absolute Gasteiger partial charge is 0.376 e. The standard InChI is InChI=1S/C20H24N2O3/c1-14-6-5-9-18(15(14)2)22-19-8-4-3-7-17(19)20(23)21-12-16-13-24-10-11-25-16/h3-9,16,22H,10-13H2,1-2H3,(H,21,23)/t16-/m1/s1. The van der Waals surface area contributed by atoms with E-state index in [9.17, 15) is 4.79 Å². The first-order chi connectivity index (χ1) is 12.1. The predicted octanol–water partition coefficient (Wildman–Crippen LogP) is 3.19. The van der Waals surface area contributed by atoms with Crippen molar-refractivity contribution in [1.82, 2.24) is 5.32 Å². The molecule has 0 spiro atoms. The maximum atomic E-state index is 12.6. The van der Waals surface area contributed by atoms with Crippen molar-refractivity contribution < 1.29 is 14.3 Å². The Morgan fingerprint density at radius 3 is 2.68 bits per heavy atom. The van der Waals surface area contributed by atoms with E-state index < -0.39 is 0 Å². The molecule has 1 aliphatic heterocycles. The smallest absolute Gasteiger partial charge is 0.253 e. The number of benzene rings is 2. The van der Waals surface area contributed by atoms with Gasteiger partial charge >= 0.3 is 0 Å². The van der Waals surface area contributed by atoms with E-state index in [1.54, 1.807) is 0 Å². The van der Waals surface area contributed by atoms with Crippen LogP contribution in [0.5, 0.6) is 0 Å². The maximum absolute atomic E-state index is 12.6. The first-order valence-corrected chi connectivity index (χ1v) is 8.55. The van der Waals surface area contributed by atoms with Crippen molar-refractivity contribution in [2.75, 3.05) is 31.7 Å². The molecule has 3 rings (SSSR count). The fourth-order valence-corrected chi connectivity index (χ4v) is 2.78. The lowest BCUT2D eigenvalue weighted by Crippen LogP contribution is -2.39. The van der Waals surface area contributed by atoms with Gasteiger partial charge in [0.25, 0.3) is 5.91 Å². The number of ether oxygens (including phenoxy) is 2. The van der Waals surface area contributed by atoms with Gasteiger partial charge in [0, 0.05) is 12.2 Å². The quantitative estimate of drug-likeness (QED) is 0.878. The van der Waals surface area contributed by atoms with Crippen LogP contribution in [0.3, 0.4) is 0 Å². The van der Waals surface area contributed by atoms with Crippen molar-refractivity contribution in [1.29, 1.82) is 0 Å². The van der Waals surface area contributed by atoms with E-state index in [2.05, 4.69) is 30.5 Å². The summed E-state index contributed by atoms with van der Waals surface area (Å²) >= 11 is 0. The number of carbonyl (C=O) groups is 1. The van der Waals surface area contributed by atoms with Crippen LogP contribution >= 0.6 is 0 Å². The summed E-state index contributed by atoms with van der Waals surface area (Å²) in [5.41, 5.74) is 4.78. The van der Waals surface area contributed by atoms with Crippen molar-refractivity contribution >= 4 is 17.3 Å². The zero-order valence-corrected chi connectivity index (χ0v) is 14.7. The average molecular weight is 340 g/mol. The molecule has 132 valence electrons. The second kappa shape index (κ2) is 8.14. The zero-order valence-electron chi connectivity index (χ0n) is 14.7. The van der Waals surface area contributed by atoms with Crippen LogP contribution < -0.4 is 10.6 Å². The molecule has 0 aromatic heterocycles. The number of aryl methyl sites for hydroxylation is 1. The van der Waals surface area contributed by atoms with Gasteiger partial charge in [-0.3, -0.25) is 4.79 Å². The monoisotopic (exact) mass is 340 g/mol. The van der Waals surface area contributed by atoms with Crippen LogP contribution in [-0.4, -0.2) is 38.4 Å². The van der Waals surface area contributed by atoms with Crippen molar-refractivity contribution in [2.45, 2.75) is 20.0 Å². The average Bonchev–Trinajstić information content (AvgIpc) is 2.65. The molecule has 0 unspecified atom stereocenters. The Balaban J connectivity index is 1.71. The Bertz CT molecular complexity index is 739. The SMILES string of the molecule is Cc1cccc(Nc2ccccc2C(=O)NC[C@@H]2COCCO2)c1C. The van der Waals surface area contributed by atoms with Crippen molar-refractivity contribution in [3.05, 3.63) is 59.2 Å². The van der Waals surface area contributed by atoms with Gasteiger partial charge in [-0.2, -0.15) is 0 Å². The zero-order chi connectivity index (χ0) is 17.6. The lowest BCUT2D eigenvalue weighted by Gasteiger charge is -2.23. The summed E-state index contributed by atoms with van der Waals surface area (Å²) in [5, 5.41) is 6.32. The first-order valence-electron chi connectivity index (χ1n) is 8.55. The van der Waals surface area contributed by atoms with Gasteiger partial charge in [0.2, 0.25) is 0 Å². The van der Waals surface area contributed by atoms with Crippen LogP contribution in [0, 0.1) is 13.8 Å². The molecule has 0 saturated carbocycles. The minimum atomic E-state index is -0.123. The maximum Gasteiger partial charge on any atom is 0.253 e. The van der Waals surface area contributed by atoms with Crippen LogP contribution in [0.1, 0.15) is 21.5 Å². The number of amides is 1. The number of hydrogen-bond donors (Lipinski definition) is 2. The molecule has 1 atom stereocenters. The Morgan fingerprint density at radius 1 is 1.08 bits per heavy atom. The van der Waals surface area contributed by atoms with E-state index in [1.165, 1.54) is 11.1 Å². The van der Waals surface area contributed by atoms with E-state index in [0.29, 0.717) is 31.9 Å². The molecule has 5 heteroatoms. The Morgan fingerprint density at radius 2 is 1.88 bits per heavy atom. The van der Waals surface area contributed by atoms with Gasteiger partial charge in [-0.15, -0.1) is 0 Å². The molecule has 0 radical (unpaired) electrons. The molecular weight excluding hydrogens is 316 g/mol. The molecule has 1 amide bonds. The Hall–Kier alpha value is -2.37. The third-order valence-corrected chi connectivity index (χ3v) is 4.42. The van der Waals surface area contributed by atoms with E-state index >= 15 is 0 Å². The predicted molar refractivity (Wildman–Crippen MR) is 98.5 cm³/mol. The van der Waals surface area contributed by atoms with E-state index in [4.69, 9.17) is 9.47 Å². The fraction of sp³-hybridized carbons (Fsp3) is 0.350. The summed E-state index contributed by atoms with van der Waals surface area (Å²) < 4.78 is 10.9. The number of rotatable bonds is 5. The number of para-hydroxylation sites is 1. The normalized spacial score (nSPS) is 17.1.